The van der Waals surface area contributed by atoms with Crippen molar-refractivity contribution in [3.05, 3.63) is 42.4 Å². The maximum Gasteiger partial charge on any atom is 0.198 e. The van der Waals surface area contributed by atoms with E-state index in [0.717, 1.165) is 16.9 Å². The fraction of sp³-hybridized carbons (Fsp3) is 0.143. The third-order valence-electron chi connectivity index (χ3n) is 2.76. The number of benzene rings is 1. The lowest BCUT2D eigenvalue weighted by molar-refractivity contribution is 0.415. The van der Waals surface area contributed by atoms with Gasteiger partial charge in [-0.15, -0.1) is 0 Å². The van der Waals surface area contributed by atoms with E-state index in [9.17, 15) is 0 Å². The molecule has 4 heteroatoms. The van der Waals surface area contributed by atoms with Crippen molar-refractivity contribution in [2.75, 3.05) is 7.11 Å². The number of pyridine rings is 1. The lowest BCUT2D eigenvalue weighted by atomic mass is 10.1. The van der Waals surface area contributed by atoms with Crippen LogP contribution in [-0.2, 0) is 0 Å². The summed E-state index contributed by atoms with van der Waals surface area (Å²) in [6.07, 6.45) is 1.79. The Hall–Kier alpha value is -2.36. The number of ether oxygens (including phenoxy) is 1. The number of aromatic nitrogens is 2. The van der Waals surface area contributed by atoms with Crippen molar-refractivity contribution in [3.63, 3.8) is 0 Å². The summed E-state index contributed by atoms with van der Waals surface area (Å²) < 4.78 is 10.7. The summed E-state index contributed by atoms with van der Waals surface area (Å²) >= 11 is 0. The fourth-order valence-electron chi connectivity index (χ4n) is 1.89. The minimum atomic E-state index is 0.625. The van der Waals surface area contributed by atoms with E-state index in [1.165, 1.54) is 0 Å². The van der Waals surface area contributed by atoms with Crippen LogP contribution in [0.3, 0.4) is 0 Å². The van der Waals surface area contributed by atoms with Gasteiger partial charge in [-0.3, -0.25) is 0 Å². The molecule has 0 aliphatic heterocycles. The summed E-state index contributed by atoms with van der Waals surface area (Å²) in [6.45, 7) is 1.81. The van der Waals surface area contributed by atoms with Crippen LogP contribution in [0.5, 0.6) is 5.75 Å². The molecular formula is C14H12N2O2. The molecule has 3 rings (SSSR count). The molecule has 0 atom stereocenters. The number of aryl methyl sites for hydroxylation is 1. The molecule has 2 heterocycles. The van der Waals surface area contributed by atoms with E-state index in [4.69, 9.17) is 9.15 Å². The van der Waals surface area contributed by atoms with Gasteiger partial charge in [-0.1, -0.05) is 12.1 Å². The summed E-state index contributed by atoms with van der Waals surface area (Å²) in [4.78, 5) is 8.47. The molecule has 1 aromatic carbocycles. The standard InChI is InChI=1S/C14H12N2O2/c1-9-16-14-13(18-9)7-11(8-15-14)10-4-3-5-12(6-10)17-2/h3-8H,1-2H3. The first-order valence-electron chi connectivity index (χ1n) is 5.64. The Morgan fingerprint density at radius 1 is 1.17 bits per heavy atom. The molecule has 0 radical (unpaired) electrons. The van der Waals surface area contributed by atoms with Gasteiger partial charge in [0.1, 0.15) is 5.75 Å². The monoisotopic (exact) mass is 240 g/mol. The minimum absolute atomic E-state index is 0.625. The van der Waals surface area contributed by atoms with E-state index in [1.807, 2.05) is 37.3 Å². The highest BCUT2D eigenvalue weighted by atomic mass is 16.5. The maximum absolute atomic E-state index is 5.48. The molecule has 18 heavy (non-hydrogen) atoms. The van der Waals surface area contributed by atoms with Crippen molar-refractivity contribution < 1.29 is 9.15 Å². The van der Waals surface area contributed by atoms with Crippen LogP contribution in [-0.4, -0.2) is 17.1 Å². The Kier molecular flexibility index (Phi) is 2.48. The zero-order chi connectivity index (χ0) is 12.5. The second kappa shape index (κ2) is 4.14. The smallest absolute Gasteiger partial charge is 0.198 e. The maximum atomic E-state index is 5.48. The molecule has 0 spiro atoms. The van der Waals surface area contributed by atoms with Crippen molar-refractivity contribution in [2.24, 2.45) is 0 Å². The van der Waals surface area contributed by atoms with Crippen molar-refractivity contribution in [3.8, 4) is 16.9 Å². The highest BCUT2D eigenvalue weighted by molar-refractivity contribution is 5.76. The molecule has 0 bridgehead atoms. The number of fused-ring (bicyclic) bond motifs is 1. The van der Waals surface area contributed by atoms with Gasteiger partial charge >= 0.3 is 0 Å². The number of methoxy groups -OCH3 is 1. The summed E-state index contributed by atoms with van der Waals surface area (Å²) in [5.41, 5.74) is 3.36. The number of oxazole rings is 1. The molecule has 0 aliphatic carbocycles. The molecule has 0 saturated carbocycles. The average molecular weight is 240 g/mol. The largest absolute Gasteiger partial charge is 0.497 e. The summed E-state index contributed by atoms with van der Waals surface area (Å²) in [5.74, 6) is 1.45. The normalized spacial score (nSPS) is 10.8. The third-order valence-corrected chi connectivity index (χ3v) is 2.76. The van der Waals surface area contributed by atoms with Crippen LogP contribution in [0.25, 0.3) is 22.4 Å². The highest BCUT2D eigenvalue weighted by Gasteiger charge is 2.06. The van der Waals surface area contributed by atoms with Crippen LogP contribution in [0.15, 0.2) is 40.9 Å². The summed E-state index contributed by atoms with van der Waals surface area (Å²) in [7, 11) is 1.65. The molecule has 0 saturated heterocycles. The van der Waals surface area contributed by atoms with Crippen LogP contribution in [0.1, 0.15) is 5.89 Å². The number of rotatable bonds is 2. The Morgan fingerprint density at radius 2 is 2.06 bits per heavy atom. The van der Waals surface area contributed by atoms with Gasteiger partial charge in [-0.25, -0.2) is 4.98 Å². The number of hydrogen-bond acceptors (Lipinski definition) is 4. The first kappa shape index (κ1) is 10.8. The summed E-state index contributed by atoms with van der Waals surface area (Å²) in [5, 5.41) is 0. The van der Waals surface area contributed by atoms with Gasteiger partial charge in [0.25, 0.3) is 0 Å². The average Bonchev–Trinajstić information content (AvgIpc) is 2.77. The Morgan fingerprint density at radius 3 is 2.89 bits per heavy atom. The van der Waals surface area contributed by atoms with Gasteiger partial charge in [-0.05, 0) is 23.8 Å². The Bertz CT molecular complexity index is 704. The molecule has 0 unspecified atom stereocenters. The lowest BCUT2D eigenvalue weighted by Crippen LogP contribution is -1.85. The van der Waals surface area contributed by atoms with Crippen LogP contribution >= 0.6 is 0 Å². The fourth-order valence-corrected chi connectivity index (χ4v) is 1.89. The van der Waals surface area contributed by atoms with E-state index < -0.39 is 0 Å². The molecule has 0 N–H and O–H groups in total. The summed E-state index contributed by atoms with van der Waals surface area (Å²) in [6, 6.07) is 9.77. The van der Waals surface area contributed by atoms with Gasteiger partial charge in [0.05, 0.1) is 7.11 Å². The zero-order valence-electron chi connectivity index (χ0n) is 10.2. The third kappa shape index (κ3) is 1.82. The van der Waals surface area contributed by atoms with E-state index in [-0.39, 0.29) is 0 Å². The van der Waals surface area contributed by atoms with Gasteiger partial charge in [0.2, 0.25) is 0 Å². The van der Waals surface area contributed by atoms with Crippen molar-refractivity contribution in [1.29, 1.82) is 0 Å². The molecule has 4 nitrogen and oxygen atoms in total. The van der Waals surface area contributed by atoms with Gasteiger partial charge in [0.15, 0.2) is 17.1 Å². The predicted molar refractivity (Wildman–Crippen MR) is 68.5 cm³/mol. The van der Waals surface area contributed by atoms with E-state index in [1.54, 1.807) is 13.3 Å². The first-order valence-corrected chi connectivity index (χ1v) is 5.64. The second-order valence-corrected chi connectivity index (χ2v) is 4.01. The Balaban J connectivity index is 2.12. The highest BCUT2D eigenvalue weighted by Crippen LogP contribution is 2.25. The Labute approximate surface area is 104 Å². The van der Waals surface area contributed by atoms with Gasteiger partial charge in [0, 0.05) is 18.7 Å². The van der Waals surface area contributed by atoms with Crippen LogP contribution in [0.4, 0.5) is 0 Å². The molecular weight excluding hydrogens is 228 g/mol. The van der Waals surface area contributed by atoms with Crippen molar-refractivity contribution in [1.82, 2.24) is 9.97 Å². The number of hydrogen-bond donors (Lipinski definition) is 0. The van der Waals surface area contributed by atoms with Crippen molar-refractivity contribution in [2.45, 2.75) is 6.92 Å². The van der Waals surface area contributed by atoms with E-state index >= 15 is 0 Å². The van der Waals surface area contributed by atoms with Crippen LogP contribution in [0.2, 0.25) is 0 Å². The molecule has 90 valence electrons. The molecule has 0 fully saturated rings. The SMILES string of the molecule is COc1cccc(-c2cnc3nc(C)oc3c2)c1. The molecule has 0 aliphatic rings. The van der Waals surface area contributed by atoms with E-state index in [2.05, 4.69) is 9.97 Å². The second-order valence-electron chi connectivity index (χ2n) is 4.01. The van der Waals surface area contributed by atoms with Gasteiger partial charge < -0.3 is 9.15 Å². The quantitative estimate of drug-likeness (QED) is 0.690. The van der Waals surface area contributed by atoms with Crippen LogP contribution in [0, 0.1) is 6.92 Å². The molecule has 0 amide bonds. The van der Waals surface area contributed by atoms with E-state index in [0.29, 0.717) is 17.1 Å². The predicted octanol–water partition coefficient (Wildman–Crippen LogP) is 3.21. The topological polar surface area (TPSA) is 48.2 Å². The zero-order valence-corrected chi connectivity index (χ0v) is 10.2. The van der Waals surface area contributed by atoms with Crippen molar-refractivity contribution >= 4 is 11.2 Å². The van der Waals surface area contributed by atoms with Crippen LogP contribution < -0.4 is 4.74 Å². The van der Waals surface area contributed by atoms with Gasteiger partial charge in [-0.2, -0.15) is 4.98 Å². The lowest BCUT2D eigenvalue weighted by Gasteiger charge is -2.03. The first-order chi connectivity index (χ1) is 8.76. The minimum Gasteiger partial charge on any atom is -0.497 e. The number of nitrogens with zero attached hydrogens (tertiary/aromatic N) is 2. The molecule has 3 aromatic rings. The molecule has 2 aromatic heterocycles.